The van der Waals surface area contributed by atoms with Gasteiger partial charge >= 0.3 is 6.18 Å². The highest BCUT2D eigenvalue weighted by Gasteiger charge is 2.33. The third kappa shape index (κ3) is 9.67. The van der Waals surface area contributed by atoms with Gasteiger partial charge in [-0.3, -0.25) is 0 Å². The van der Waals surface area contributed by atoms with Gasteiger partial charge in [0.05, 0.1) is 6.10 Å². The molecule has 0 bridgehead atoms. The van der Waals surface area contributed by atoms with Gasteiger partial charge in [-0.25, -0.2) is 0 Å². The Labute approximate surface area is 164 Å². The molecule has 2 rings (SSSR count). The maximum Gasteiger partial charge on any atom is 0.389 e. The second-order valence-corrected chi connectivity index (χ2v) is 9.11. The van der Waals surface area contributed by atoms with Gasteiger partial charge in [0, 0.05) is 13.0 Å². The maximum atomic E-state index is 12.4. The Morgan fingerprint density at radius 1 is 0.741 bits per heavy atom. The fourth-order valence-corrected chi connectivity index (χ4v) is 5.18. The Bertz CT molecular complexity index is 366. The molecular formula is C23H41F3O. The third-order valence-corrected chi connectivity index (χ3v) is 6.96. The molecular weight excluding hydrogens is 349 g/mol. The predicted molar refractivity (Wildman–Crippen MR) is 106 cm³/mol. The van der Waals surface area contributed by atoms with E-state index in [0.717, 1.165) is 44.1 Å². The first kappa shape index (κ1) is 23.0. The van der Waals surface area contributed by atoms with Crippen LogP contribution >= 0.6 is 0 Å². The van der Waals surface area contributed by atoms with Crippen molar-refractivity contribution in [3.05, 3.63) is 0 Å². The Balaban J connectivity index is 1.51. The van der Waals surface area contributed by atoms with E-state index in [2.05, 4.69) is 6.92 Å². The quantitative estimate of drug-likeness (QED) is 0.324. The van der Waals surface area contributed by atoms with Gasteiger partial charge in [0.15, 0.2) is 0 Å². The standard InChI is InChI=1S/C23H41F3O/c1-2-3-4-5-6-7-18-27-22-14-12-21(13-15-22)20-10-8-19(9-11-20)16-17-23(24,25)26/h19-22H,2-18H2,1H3. The highest BCUT2D eigenvalue weighted by Crippen LogP contribution is 2.42. The SMILES string of the molecule is CCCCCCCCOC1CCC(C2CCC(CCC(F)(F)F)CC2)CC1. The molecule has 0 aromatic rings. The van der Waals surface area contributed by atoms with Crippen molar-refractivity contribution >= 4 is 0 Å². The average molecular weight is 391 g/mol. The molecule has 0 heterocycles. The molecule has 0 atom stereocenters. The summed E-state index contributed by atoms with van der Waals surface area (Å²) in [6.07, 6.45) is 13.3. The second kappa shape index (κ2) is 12.3. The van der Waals surface area contributed by atoms with E-state index < -0.39 is 12.6 Å². The molecule has 0 aromatic carbocycles. The van der Waals surface area contributed by atoms with Gasteiger partial charge in [0.1, 0.15) is 0 Å². The van der Waals surface area contributed by atoms with Crippen molar-refractivity contribution in [1.82, 2.24) is 0 Å². The van der Waals surface area contributed by atoms with Crippen LogP contribution in [0.4, 0.5) is 13.2 Å². The van der Waals surface area contributed by atoms with Gasteiger partial charge in [0.2, 0.25) is 0 Å². The zero-order valence-electron chi connectivity index (χ0n) is 17.4. The van der Waals surface area contributed by atoms with Crippen LogP contribution < -0.4 is 0 Å². The van der Waals surface area contributed by atoms with Crippen molar-refractivity contribution in [2.24, 2.45) is 17.8 Å². The van der Waals surface area contributed by atoms with Gasteiger partial charge in [-0.2, -0.15) is 13.2 Å². The Morgan fingerprint density at radius 2 is 1.30 bits per heavy atom. The van der Waals surface area contributed by atoms with Crippen LogP contribution in [-0.4, -0.2) is 18.9 Å². The number of alkyl halides is 3. The number of ether oxygens (including phenoxy) is 1. The van der Waals surface area contributed by atoms with E-state index in [0.29, 0.717) is 18.4 Å². The lowest BCUT2D eigenvalue weighted by Crippen LogP contribution is -2.29. The molecule has 160 valence electrons. The summed E-state index contributed by atoms with van der Waals surface area (Å²) in [6.45, 7) is 3.17. The van der Waals surface area contributed by atoms with E-state index in [4.69, 9.17) is 4.74 Å². The highest BCUT2D eigenvalue weighted by molar-refractivity contribution is 4.82. The van der Waals surface area contributed by atoms with Crippen LogP contribution in [0.15, 0.2) is 0 Å². The maximum absolute atomic E-state index is 12.4. The van der Waals surface area contributed by atoms with Gasteiger partial charge in [-0.1, -0.05) is 51.9 Å². The number of rotatable bonds is 11. The lowest BCUT2D eigenvalue weighted by molar-refractivity contribution is -0.138. The van der Waals surface area contributed by atoms with Crippen LogP contribution in [0.25, 0.3) is 0 Å². The monoisotopic (exact) mass is 390 g/mol. The lowest BCUT2D eigenvalue weighted by atomic mass is 9.70. The zero-order valence-corrected chi connectivity index (χ0v) is 17.4. The number of hydrogen-bond acceptors (Lipinski definition) is 1. The molecule has 0 aliphatic heterocycles. The van der Waals surface area contributed by atoms with E-state index >= 15 is 0 Å². The largest absolute Gasteiger partial charge is 0.389 e. The van der Waals surface area contributed by atoms with E-state index in [1.54, 1.807) is 0 Å². The summed E-state index contributed by atoms with van der Waals surface area (Å²) >= 11 is 0. The second-order valence-electron chi connectivity index (χ2n) is 9.11. The first-order valence-corrected chi connectivity index (χ1v) is 11.7. The molecule has 27 heavy (non-hydrogen) atoms. The molecule has 0 spiro atoms. The van der Waals surface area contributed by atoms with Crippen LogP contribution in [0.1, 0.15) is 110 Å². The van der Waals surface area contributed by atoms with Crippen LogP contribution in [0.2, 0.25) is 0 Å². The summed E-state index contributed by atoms with van der Waals surface area (Å²) in [4.78, 5) is 0. The van der Waals surface area contributed by atoms with Crippen LogP contribution in [0.3, 0.4) is 0 Å². The van der Waals surface area contributed by atoms with Crippen molar-refractivity contribution < 1.29 is 17.9 Å². The van der Waals surface area contributed by atoms with Crippen LogP contribution in [-0.2, 0) is 4.74 Å². The zero-order chi connectivity index (χ0) is 19.5. The molecule has 0 unspecified atom stereocenters. The molecule has 2 fully saturated rings. The molecule has 0 N–H and O–H groups in total. The molecule has 0 aromatic heterocycles. The van der Waals surface area contributed by atoms with Gasteiger partial charge in [-0.05, 0) is 69.1 Å². The van der Waals surface area contributed by atoms with Crippen molar-refractivity contribution in [2.75, 3.05) is 6.61 Å². The molecule has 4 heteroatoms. The smallest absolute Gasteiger partial charge is 0.378 e. The van der Waals surface area contributed by atoms with Crippen LogP contribution in [0, 0.1) is 17.8 Å². The van der Waals surface area contributed by atoms with E-state index in [1.807, 2.05) is 0 Å². The number of halogens is 3. The molecule has 0 radical (unpaired) electrons. The number of unbranched alkanes of at least 4 members (excludes halogenated alkanes) is 5. The number of hydrogen-bond donors (Lipinski definition) is 0. The molecule has 2 saturated carbocycles. The van der Waals surface area contributed by atoms with Crippen molar-refractivity contribution in [3.8, 4) is 0 Å². The normalized spacial score (nSPS) is 29.8. The molecule has 2 aliphatic rings. The minimum Gasteiger partial charge on any atom is -0.378 e. The predicted octanol–water partition coefficient (Wildman–Crippen LogP) is 8.07. The van der Waals surface area contributed by atoms with Gasteiger partial charge in [-0.15, -0.1) is 0 Å². The summed E-state index contributed by atoms with van der Waals surface area (Å²) in [6, 6.07) is 0. The highest BCUT2D eigenvalue weighted by atomic mass is 19.4. The molecule has 1 nitrogen and oxygen atoms in total. The molecule has 2 aliphatic carbocycles. The van der Waals surface area contributed by atoms with Crippen molar-refractivity contribution in [1.29, 1.82) is 0 Å². The lowest BCUT2D eigenvalue weighted by Gasteiger charge is -2.38. The molecule has 0 amide bonds. The first-order valence-electron chi connectivity index (χ1n) is 11.7. The minimum absolute atomic E-state index is 0.305. The fraction of sp³-hybridized carbons (Fsp3) is 1.00. The van der Waals surface area contributed by atoms with Gasteiger partial charge in [0.25, 0.3) is 0 Å². The van der Waals surface area contributed by atoms with Gasteiger partial charge < -0.3 is 4.74 Å². The first-order chi connectivity index (χ1) is 13.0. The van der Waals surface area contributed by atoms with Crippen molar-refractivity contribution in [2.45, 2.75) is 122 Å². The van der Waals surface area contributed by atoms with Crippen molar-refractivity contribution in [3.63, 3.8) is 0 Å². The fourth-order valence-electron chi connectivity index (χ4n) is 5.18. The Kier molecular flexibility index (Phi) is 10.5. The van der Waals surface area contributed by atoms with Crippen LogP contribution in [0.5, 0.6) is 0 Å². The Hall–Kier alpha value is -0.250. The Morgan fingerprint density at radius 3 is 1.89 bits per heavy atom. The summed E-state index contributed by atoms with van der Waals surface area (Å²) in [5.41, 5.74) is 0. The third-order valence-electron chi connectivity index (χ3n) is 6.96. The summed E-state index contributed by atoms with van der Waals surface area (Å²) in [5, 5.41) is 0. The van der Waals surface area contributed by atoms with E-state index in [1.165, 1.54) is 64.2 Å². The van der Waals surface area contributed by atoms with E-state index in [-0.39, 0.29) is 0 Å². The summed E-state index contributed by atoms with van der Waals surface area (Å²) in [7, 11) is 0. The topological polar surface area (TPSA) is 9.23 Å². The summed E-state index contributed by atoms with van der Waals surface area (Å²) in [5.74, 6) is 1.86. The summed E-state index contributed by atoms with van der Waals surface area (Å²) < 4.78 is 43.3. The molecule has 0 saturated heterocycles. The average Bonchev–Trinajstić information content (AvgIpc) is 2.66. The van der Waals surface area contributed by atoms with E-state index in [9.17, 15) is 13.2 Å². The minimum atomic E-state index is -3.98.